The molecule has 0 aromatic heterocycles. The Morgan fingerprint density at radius 2 is 2.00 bits per heavy atom. The SMILES string of the molecule is Cl.NC1CC(=O)C1. The van der Waals surface area contributed by atoms with Gasteiger partial charge in [-0.1, -0.05) is 0 Å². The summed E-state index contributed by atoms with van der Waals surface area (Å²) in [5.74, 6) is 0.308. The van der Waals surface area contributed by atoms with Crippen molar-refractivity contribution in [3.8, 4) is 0 Å². The Hall–Kier alpha value is -0.0800. The van der Waals surface area contributed by atoms with Gasteiger partial charge in [-0.05, 0) is 0 Å². The highest BCUT2D eigenvalue weighted by Gasteiger charge is 2.21. The molecule has 7 heavy (non-hydrogen) atoms. The molecular weight excluding hydrogens is 114 g/mol. The molecule has 0 spiro atoms. The number of carbonyl (C=O) groups excluding carboxylic acids is 1. The zero-order chi connectivity index (χ0) is 4.57. The summed E-state index contributed by atoms with van der Waals surface area (Å²) < 4.78 is 0. The summed E-state index contributed by atoms with van der Waals surface area (Å²) in [6, 6.07) is 0.192. The third-order valence-electron chi connectivity index (χ3n) is 0.980. The number of hydrogen-bond donors (Lipinski definition) is 1. The molecule has 0 radical (unpaired) electrons. The highest BCUT2D eigenvalue weighted by molar-refractivity contribution is 5.85. The molecule has 0 amide bonds. The van der Waals surface area contributed by atoms with Crippen molar-refractivity contribution in [3.63, 3.8) is 0 Å². The van der Waals surface area contributed by atoms with Gasteiger partial charge >= 0.3 is 0 Å². The fourth-order valence-electron chi connectivity index (χ4n) is 0.525. The van der Waals surface area contributed by atoms with Crippen LogP contribution in [0.25, 0.3) is 0 Å². The molecule has 0 heterocycles. The minimum atomic E-state index is 0. The first-order valence-electron chi connectivity index (χ1n) is 2.06. The Balaban J connectivity index is 0.000000360. The van der Waals surface area contributed by atoms with Crippen LogP contribution in [0.1, 0.15) is 12.8 Å². The number of rotatable bonds is 0. The van der Waals surface area contributed by atoms with Gasteiger partial charge in [-0.15, -0.1) is 12.4 Å². The fraction of sp³-hybridized carbons (Fsp3) is 0.750. The predicted octanol–water partition coefficient (Wildman–Crippen LogP) is 0.0984. The fourth-order valence-corrected chi connectivity index (χ4v) is 0.525. The predicted molar refractivity (Wildman–Crippen MR) is 29.5 cm³/mol. The largest absolute Gasteiger partial charge is 0.327 e. The second-order valence-electron chi connectivity index (χ2n) is 1.71. The van der Waals surface area contributed by atoms with Crippen molar-refractivity contribution in [2.45, 2.75) is 18.9 Å². The van der Waals surface area contributed by atoms with Gasteiger partial charge in [0.05, 0.1) is 0 Å². The third kappa shape index (κ3) is 1.45. The monoisotopic (exact) mass is 121 g/mol. The minimum absolute atomic E-state index is 0. The molecule has 42 valence electrons. The topological polar surface area (TPSA) is 43.1 Å². The summed E-state index contributed by atoms with van der Waals surface area (Å²) in [5.41, 5.74) is 5.25. The minimum Gasteiger partial charge on any atom is -0.327 e. The van der Waals surface area contributed by atoms with Gasteiger partial charge in [0.1, 0.15) is 5.78 Å². The van der Waals surface area contributed by atoms with Crippen molar-refractivity contribution in [3.05, 3.63) is 0 Å². The number of nitrogens with two attached hydrogens (primary N) is 1. The lowest BCUT2D eigenvalue weighted by molar-refractivity contribution is -0.124. The second kappa shape index (κ2) is 2.28. The van der Waals surface area contributed by atoms with Crippen LogP contribution < -0.4 is 5.73 Å². The van der Waals surface area contributed by atoms with Crippen molar-refractivity contribution >= 4 is 18.2 Å². The maximum absolute atomic E-state index is 10.0. The average molecular weight is 122 g/mol. The van der Waals surface area contributed by atoms with E-state index in [1.807, 2.05) is 0 Å². The van der Waals surface area contributed by atoms with Gasteiger partial charge in [-0.3, -0.25) is 4.79 Å². The normalized spacial score (nSPS) is 20.4. The van der Waals surface area contributed by atoms with Crippen LogP contribution in [0.2, 0.25) is 0 Å². The summed E-state index contributed by atoms with van der Waals surface area (Å²) in [5, 5.41) is 0. The number of hydrogen-bond acceptors (Lipinski definition) is 2. The lowest BCUT2D eigenvalue weighted by Gasteiger charge is -2.17. The first-order valence-corrected chi connectivity index (χ1v) is 2.06. The Kier molecular flexibility index (Phi) is 2.26. The molecule has 0 aromatic carbocycles. The standard InChI is InChI=1S/C4H7NO.ClH/c5-3-1-4(6)2-3;/h3H,1-2,5H2;1H. The molecule has 3 heteroatoms. The maximum Gasteiger partial charge on any atom is 0.136 e. The van der Waals surface area contributed by atoms with Crippen LogP contribution in [-0.2, 0) is 4.79 Å². The molecule has 0 aromatic rings. The number of ketones is 1. The van der Waals surface area contributed by atoms with Gasteiger partial charge in [0, 0.05) is 18.9 Å². The van der Waals surface area contributed by atoms with E-state index in [4.69, 9.17) is 5.73 Å². The van der Waals surface area contributed by atoms with E-state index in [2.05, 4.69) is 0 Å². The van der Waals surface area contributed by atoms with Crippen LogP contribution in [0.15, 0.2) is 0 Å². The van der Waals surface area contributed by atoms with E-state index < -0.39 is 0 Å². The second-order valence-corrected chi connectivity index (χ2v) is 1.71. The van der Waals surface area contributed by atoms with Crippen LogP contribution >= 0.6 is 12.4 Å². The molecule has 0 bridgehead atoms. The molecule has 1 rings (SSSR count). The van der Waals surface area contributed by atoms with Gasteiger partial charge in [0.25, 0.3) is 0 Å². The highest BCUT2D eigenvalue weighted by atomic mass is 35.5. The lowest BCUT2D eigenvalue weighted by atomic mass is 9.93. The van der Waals surface area contributed by atoms with Gasteiger partial charge in [-0.25, -0.2) is 0 Å². The number of halogens is 1. The first kappa shape index (κ1) is 6.92. The van der Waals surface area contributed by atoms with Crippen molar-refractivity contribution in [1.82, 2.24) is 0 Å². The van der Waals surface area contributed by atoms with Crippen LogP contribution in [-0.4, -0.2) is 11.8 Å². The quantitative estimate of drug-likeness (QED) is 0.494. The Morgan fingerprint density at radius 3 is 2.00 bits per heavy atom. The van der Waals surface area contributed by atoms with Gasteiger partial charge in [0.2, 0.25) is 0 Å². The van der Waals surface area contributed by atoms with Crippen LogP contribution in [0, 0.1) is 0 Å². The Labute approximate surface area is 48.5 Å². The molecule has 0 aliphatic heterocycles. The van der Waals surface area contributed by atoms with Crippen molar-refractivity contribution < 1.29 is 4.79 Å². The van der Waals surface area contributed by atoms with E-state index in [9.17, 15) is 4.79 Å². The molecule has 0 unspecified atom stereocenters. The summed E-state index contributed by atoms with van der Waals surface area (Å²) in [4.78, 5) is 10.0. The molecule has 0 atom stereocenters. The molecule has 1 fully saturated rings. The molecule has 0 saturated heterocycles. The summed E-state index contributed by atoms with van der Waals surface area (Å²) in [6.07, 6.45) is 1.22. The van der Waals surface area contributed by atoms with E-state index in [1.165, 1.54) is 0 Å². The Morgan fingerprint density at radius 1 is 1.57 bits per heavy atom. The molecule has 1 aliphatic carbocycles. The van der Waals surface area contributed by atoms with E-state index in [-0.39, 0.29) is 18.4 Å². The highest BCUT2D eigenvalue weighted by Crippen LogP contribution is 2.09. The van der Waals surface area contributed by atoms with Gasteiger partial charge in [0.15, 0.2) is 0 Å². The van der Waals surface area contributed by atoms with E-state index in [0.717, 1.165) is 0 Å². The van der Waals surface area contributed by atoms with Crippen LogP contribution in [0.4, 0.5) is 0 Å². The summed E-state index contributed by atoms with van der Waals surface area (Å²) >= 11 is 0. The van der Waals surface area contributed by atoms with Gasteiger partial charge in [-0.2, -0.15) is 0 Å². The third-order valence-corrected chi connectivity index (χ3v) is 0.980. The zero-order valence-electron chi connectivity index (χ0n) is 3.89. The van der Waals surface area contributed by atoms with Crippen molar-refractivity contribution in [2.24, 2.45) is 5.73 Å². The molecule has 1 aliphatic rings. The van der Waals surface area contributed by atoms with Gasteiger partial charge < -0.3 is 5.73 Å². The maximum atomic E-state index is 10.0. The molecule has 1 saturated carbocycles. The van der Waals surface area contributed by atoms with E-state index >= 15 is 0 Å². The molecular formula is C4H8ClNO. The first-order chi connectivity index (χ1) is 2.79. The Bertz CT molecular complexity index is 75.8. The summed E-state index contributed by atoms with van der Waals surface area (Å²) in [6.45, 7) is 0. The number of Topliss-reactive ketones (excluding diaryl/α,β-unsaturated/α-hetero) is 1. The average Bonchev–Trinajstić information content (AvgIpc) is 1.33. The van der Waals surface area contributed by atoms with Crippen molar-refractivity contribution in [1.29, 1.82) is 0 Å². The van der Waals surface area contributed by atoms with Crippen molar-refractivity contribution in [2.75, 3.05) is 0 Å². The smallest absolute Gasteiger partial charge is 0.136 e. The van der Waals surface area contributed by atoms with E-state index in [0.29, 0.717) is 18.6 Å². The lowest BCUT2D eigenvalue weighted by Crippen LogP contribution is -2.36. The zero-order valence-corrected chi connectivity index (χ0v) is 4.70. The van der Waals surface area contributed by atoms with E-state index in [1.54, 1.807) is 0 Å². The van der Waals surface area contributed by atoms with Crippen LogP contribution in [0.5, 0.6) is 0 Å². The van der Waals surface area contributed by atoms with Crippen LogP contribution in [0.3, 0.4) is 0 Å². The molecule has 2 nitrogen and oxygen atoms in total. The number of carbonyl (C=O) groups is 1. The summed E-state index contributed by atoms with van der Waals surface area (Å²) in [7, 11) is 0. The molecule has 2 N–H and O–H groups in total.